The topological polar surface area (TPSA) is 66.4 Å². The minimum Gasteiger partial charge on any atom is -0.744 e. The maximum atomic E-state index is 11.1. The minimum absolute atomic E-state index is 0. The van der Waals surface area contributed by atoms with Gasteiger partial charge in [-0.3, -0.25) is 0 Å². The molecule has 0 fully saturated rings. The van der Waals surface area contributed by atoms with Crippen LogP contribution >= 0.6 is 0 Å². The first-order valence-corrected chi connectivity index (χ1v) is 10.2. The van der Waals surface area contributed by atoms with E-state index in [0.29, 0.717) is 11.5 Å². The summed E-state index contributed by atoms with van der Waals surface area (Å²) in [7, 11) is -4.47. The van der Waals surface area contributed by atoms with Crippen molar-refractivity contribution in [3.8, 4) is 11.5 Å². The first kappa shape index (κ1) is 23.2. The van der Waals surface area contributed by atoms with E-state index in [9.17, 15) is 13.0 Å². The molecule has 0 aromatic heterocycles. The average Bonchev–Trinajstić information content (AvgIpc) is 2.59. The van der Waals surface area contributed by atoms with Gasteiger partial charge in [0.05, 0.1) is 4.90 Å². The van der Waals surface area contributed by atoms with Crippen LogP contribution in [0.4, 0.5) is 0 Å². The van der Waals surface area contributed by atoms with Crippen LogP contribution < -0.4 is 34.3 Å². The van der Waals surface area contributed by atoms with Crippen LogP contribution in [0.1, 0.15) is 51.0 Å². The Morgan fingerprint density at radius 2 is 1.54 bits per heavy atom. The number of hydrogen-bond acceptors (Lipinski definition) is 4. The van der Waals surface area contributed by atoms with Crippen molar-refractivity contribution in [2.75, 3.05) is 0 Å². The van der Waals surface area contributed by atoms with Gasteiger partial charge >= 0.3 is 29.6 Å². The van der Waals surface area contributed by atoms with Crippen LogP contribution in [0.15, 0.2) is 53.4 Å². The fraction of sp³-hybridized carbons (Fsp3) is 0.400. The Bertz CT molecular complexity index is 758. The summed E-state index contributed by atoms with van der Waals surface area (Å²) in [4.78, 5) is -0.287. The molecule has 0 saturated carbocycles. The zero-order valence-corrected chi connectivity index (χ0v) is 18.4. The first-order chi connectivity index (χ1) is 12.0. The molecule has 26 heavy (non-hydrogen) atoms. The Labute approximate surface area is 179 Å². The molecule has 0 aliphatic heterocycles. The minimum atomic E-state index is -4.47. The van der Waals surface area contributed by atoms with E-state index in [1.54, 1.807) is 6.07 Å². The van der Waals surface area contributed by atoms with Gasteiger partial charge < -0.3 is 9.29 Å². The van der Waals surface area contributed by atoms with Crippen molar-refractivity contribution < 1.29 is 47.3 Å². The number of ether oxygens (including phenoxy) is 1. The fourth-order valence-electron chi connectivity index (χ4n) is 2.66. The van der Waals surface area contributed by atoms with Gasteiger partial charge in [0.15, 0.2) is 0 Å². The van der Waals surface area contributed by atoms with Gasteiger partial charge in [-0.15, -0.1) is 0 Å². The van der Waals surface area contributed by atoms with E-state index >= 15 is 0 Å². The van der Waals surface area contributed by atoms with Gasteiger partial charge in [0.25, 0.3) is 0 Å². The van der Waals surface area contributed by atoms with Crippen molar-refractivity contribution >= 4 is 10.1 Å². The molecule has 2 aromatic rings. The Kier molecular flexibility index (Phi) is 10.5. The molecule has 0 aliphatic carbocycles. The van der Waals surface area contributed by atoms with Crippen molar-refractivity contribution in [3.63, 3.8) is 0 Å². The molecule has 0 unspecified atom stereocenters. The Morgan fingerprint density at radius 1 is 0.885 bits per heavy atom. The van der Waals surface area contributed by atoms with Crippen LogP contribution in [0.25, 0.3) is 0 Å². The molecule has 0 bridgehead atoms. The number of unbranched alkanes of at least 4 members (excludes halogenated alkanes) is 5. The predicted molar refractivity (Wildman–Crippen MR) is 98.0 cm³/mol. The van der Waals surface area contributed by atoms with E-state index in [2.05, 4.69) is 6.92 Å². The van der Waals surface area contributed by atoms with E-state index in [-0.39, 0.29) is 34.5 Å². The van der Waals surface area contributed by atoms with Crippen molar-refractivity contribution in [3.05, 3.63) is 54.1 Å². The molecule has 0 heterocycles. The van der Waals surface area contributed by atoms with Crippen molar-refractivity contribution in [2.45, 2.75) is 56.8 Å². The van der Waals surface area contributed by atoms with Gasteiger partial charge in [0.1, 0.15) is 21.6 Å². The van der Waals surface area contributed by atoms with Crippen LogP contribution in [0.5, 0.6) is 11.5 Å². The summed E-state index contributed by atoms with van der Waals surface area (Å²) in [5, 5.41) is 0. The maximum absolute atomic E-state index is 11.1. The number of aryl methyl sites for hydroxylation is 1. The molecule has 136 valence electrons. The standard InChI is InChI=1S/C20H26O4S.Na/c1-2-3-4-5-6-7-9-17-12-14-18(15-13-17)24-19-10-8-11-20(16-19)25(21,22)23;/h8,10-16H,2-7,9H2,1H3,(H,21,22,23);/q;+1/p-1. The molecule has 0 amide bonds. The molecular formula is C20H25NaO4S. The molecule has 0 atom stereocenters. The molecule has 6 heteroatoms. The quantitative estimate of drug-likeness (QED) is 0.358. The van der Waals surface area contributed by atoms with Gasteiger partial charge in [-0.25, -0.2) is 8.42 Å². The second kappa shape index (κ2) is 11.8. The summed E-state index contributed by atoms with van der Waals surface area (Å²) >= 11 is 0. The third kappa shape index (κ3) is 8.23. The van der Waals surface area contributed by atoms with Crippen LogP contribution in [0.2, 0.25) is 0 Å². The zero-order chi connectivity index (χ0) is 18.1. The smallest absolute Gasteiger partial charge is 0.744 e. The summed E-state index contributed by atoms with van der Waals surface area (Å²) in [5.41, 5.74) is 1.26. The first-order valence-electron chi connectivity index (χ1n) is 8.82. The van der Waals surface area contributed by atoms with E-state index in [1.807, 2.05) is 24.3 Å². The van der Waals surface area contributed by atoms with Crippen LogP contribution in [-0.2, 0) is 16.5 Å². The Morgan fingerprint density at radius 3 is 2.19 bits per heavy atom. The molecule has 0 radical (unpaired) electrons. The third-order valence-corrected chi connectivity index (χ3v) is 4.90. The van der Waals surface area contributed by atoms with Gasteiger partial charge in [0.2, 0.25) is 0 Å². The largest absolute Gasteiger partial charge is 1.00 e. The zero-order valence-electron chi connectivity index (χ0n) is 15.6. The van der Waals surface area contributed by atoms with Gasteiger partial charge in [-0.1, -0.05) is 57.2 Å². The molecule has 0 spiro atoms. The summed E-state index contributed by atoms with van der Waals surface area (Å²) in [6.07, 6.45) is 8.71. The maximum Gasteiger partial charge on any atom is 1.00 e. The van der Waals surface area contributed by atoms with E-state index in [4.69, 9.17) is 4.74 Å². The number of hydrogen-bond donors (Lipinski definition) is 0. The van der Waals surface area contributed by atoms with Gasteiger partial charge in [0, 0.05) is 0 Å². The monoisotopic (exact) mass is 384 g/mol. The predicted octanol–water partition coefficient (Wildman–Crippen LogP) is 2.29. The molecule has 0 aliphatic rings. The summed E-state index contributed by atoms with van der Waals surface area (Å²) in [6.45, 7) is 2.22. The Balaban J connectivity index is 0.00000338. The second-order valence-electron chi connectivity index (χ2n) is 6.19. The number of rotatable bonds is 10. The van der Waals surface area contributed by atoms with Crippen molar-refractivity contribution in [2.24, 2.45) is 0 Å². The van der Waals surface area contributed by atoms with Crippen LogP contribution in [0, 0.1) is 0 Å². The van der Waals surface area contributed by atoms with Gasteiger partial charge in [-0.05, 0) is 48.7 Å². The molecule has 2 rings (SSSR count). The molecule has 0 saturated heterocycles. The van der Waals surface area contributed by atoms with Crippen molar-refractivity contribution in [1.29, 1.82) is 0 Å². The normalized spacial score (nSPS) is 11.0. The molecule has 2 aromatic carbocycles. The van der Waals surface area contributed by atoms with E-state index < -0.39 is 10.1 Å². The average molecular weight is 384 g/mol. The SMILES string of the molecule is CCCCCCCCc1ccc(Oc2cccc(S(=O)(=O)[O-])c2)cc1.[Na+]. The Hall–Kier alpha value is -0.850. The third-order valence-electron chi connectivity index (χ3n) is 4.07. The van der Waals surface area contributed by atoms with Crippen LogP contribution in [-0.4, -0.2) is 13.0 Å². The summed E-state index contributed by atoms with van der Waals surface area (Å²) in [5.74, 6) is 0.952. The number of benzene rings is 2. The van der Waals surface area contributed by atoms with Gasteiger partial charge in [-0.2, -0.15) is 0 Å². The van der Waals surface area contributed by atoms with Crippen LogP contribution in [0.3, 0.4) is 0 Å². The molecule has 0 N–H and O–H groups in total. The van der Waals surface area contributed by atoms with Crippen molar-refractivity contribution in [1.82, 2.24) is 0 Å². The molecular weight excluding hydrogens is 359 g/mol. The molecule has 4 nitrogen and oxygen atoms in total. The summed E-state index contributed by atoms with van der Waals surface area (Å²) < 4.78 is 38.8. The fourth-order valence-corrected chi connectivity index (χ4v) is 3.17. The summed E-state index contributed by atoms with van der Waals surface area (Å²) in [6, 6.07) is 13.4. The van der Waals surface area contributed by atoms with E-state index in [1.165, 1.54) is 62.3 Å². The second-order valence-corrected chi connectivity index (χ2v) is 7.57. The van der Waals surface area contributed by atoms with E-state index in [0.717, 1.165) is 6.42 Å².